The minimum atomic E-state index is -0.140. The Labute approximate surface area is 125 Å². The topological polar surface area (TPSA) is 35.2 Å². The van der Waals surface area contributed by atoms with Crippen molar-refractivity contribution in [1.82, 2.24) is 0 Å². The van der Waals surface area contributed by atoms with Gasteiger partial charge in [0.2, 0.25) is 0 Å². The molecular formula is C17H20ClNO. The standard InChI is InChI=1S/C17H20ClNO/c1-17(12-19,14-6-4-3-5-7-14)11-13-10-15(18)8-9-16(13)20-2/h3-10H,11-12,19H2,1-2H3. The van der Waals surface area contributed by atoms with E-state index in [0.717, 1.165) is 17.7 Å². The normalized spacial score (nSPS) is 13.8. The zero-order valence-corrected chi connectivity index (χ0v) is 12.7. The third kappa shape index (κ3) is 3.14. The van der Waals surface area contributed by atoms with Crippen molar-refractivity contribution in [3.8, 4) is 5.75 Å². The van der Waals surface area contributed by atoms with Crippen LogP contribution in [-0.2, 0) is 11.8 Å². The molecule has 3 heteroatoms. The molecule has 1 atom stereocenters. The van der Waals surface area contributed by atoms with Crippen LogP contribution in [0, 0.1) is 0 Å². The number of nitrogens with two attached hydrogens (primary N) is 1. The number of rotatable bonds is 5. The maximum absolute atomic E-state index is 6.11. The van der Waals surface area contributed by atoms with Crippen LogP contribution < -0.4 is 10.5 Å². The predicted octanol–water partition coefficient (Wildman–Crippen LogP) is 3.81. The van der Waals surface area contributed by atoms with Crippen LogP contribution in [0.2, 0.25) is 5.02 Å². The lowest BCUT2D eigenvalue weighted by Gasteiger charge is -2.29. The van der Waals surface area contributed by atoms with Crippen LogP contribution in [-0.4, -0.2) is 13.7 Å². The Hall–Kier alpha value is -1.51. The van der Waals surface area contributed by atoms with E-state index in [0.29, 0.717) is 11.6 Å². The van der Waals surface area contributed by atoms with Crippen LogP contribution in [0.15, 0.2) is 48.5 Å². The second-order valence-electron chi connectivity index (χ2n) is 5.26. The predicted molar refractivity (Wildman–Crippen MR) is 84.6 cm³/mol. The van der Waals surface area contributed by atoms with Crippen LogP contribution >= 0.6 is 11.6 Å². The van der Waals surface area contributed by atoms with Crippen molar-refractivity contribution in [3.63, 3.8) is 0 Å². The summed E-state index contributed by atoms with van der Waals surface area (Å²) in [5, 5.41) is 0.716. The summed E-state index contributed by atoms with van der Waals surface area (Å²) in [4.78, 5) is 0. The fourth-order valence-electron chi connectivity index (χ4n) is 2.44. The highest BCUT2D eigenvalue weighted by Crippen LogP contribution is 2.32. The lowest BCUT2D eigenvalue weighted by atomic mass is 9.77. The molecule has 1 unspecified atom stereocenters. The van der Waals surface area contributed by atoms with Gasteiger partial charge < -0.3 is 10.5 Å². The fourth-order valence-corrected chi connectivity index (χ4v) is 2.63. The van der Waals surface area contributed by atoms with Crippen LogP contribution in [0.1, 0.15) is 18.1 Å². The van der Waals surface area contributed by atoms with Crippen molar-refractivity contribution in [1.29, 1.82) is 0 Å². The van der Waals surface area contributed by atoms with Gasteiger partial charge in [-0.15, -0.1) is 0 Å². The van der Waals surface area contributed by atoms with Crippen molar-refractivity contribution in [2.24, 2.45) is 5.73 Å². The zero-order valence-electron chi connectivity index (χ0n) is 11.9. The Morgan fingerprint density at radius 3 is 2.45 bits per heavy atom. The highest BCUT2D eigenvalue weighted by Gasteiger charge is 2.26. The molecule has 0 aliphatic rings. The van der Waals surface area contributed by atoms with Gasteiger partial charge in [0, 0.05) is 17.0 Å². The average Bonchev–Trinajstić information content (AvgIpc) is 2.48. The van der Waals surface area contributed by atoms with E-state index in [1.54, 1.807) is 7.11 Å². The van der Waals surface area contributed by atoms with Crippen LogP contribution in [0.3, 0.4) is 0 Å². The number of halogens is 1. The molecule has 0 amide bonds. The second kappa shape index (κ2) is 6.29. The van der Waals surface area contributed by atoms with Gasteiger partial charge in [-0.3, -0.25) is 0 Å². The van der Waals surface area contributed by atoms with Crippen molar-refractivity contribution < 1.29 is 4.74 Å². The highest BCUT2D eigenvalue weighted by atomic mass is 35.5. The van der Waals surface area contributed by atoms with E-state index in [1.807, 2.05) is 36.4 Å². The summed E-state index contributed by atoms with van der Waals surface area (Å²) in [5.41, 5.74) is 8.21. The van der Waals surface area contributed by atoms with Gasteiger partial charge in [-0.25, -0.2) is 0 Å². The lowest BCUT2D eigenvalue weighted by Crippen LogP contribution is -2.34. The lowest BCUT2D eigenvalue weighted by molar-refractivity contribution is 0.399. The monoisotopic (exact) mass is 289 g/mol. The Morgan fingerprint density at radius 1 is 1.15 bits per heavy atom. The number of hydrogen-bond acceptors (Lipinski definition) is 2. The van der Waals surface area contributed by atoms with Gasteiger partial charge in [-0.05, 0) is 35.7 Å². The molecule has 0 bridgehead atoms. The number of hydrogen-bond donors (Lipinski definition) is 1. The Bertz CT molecular complexity index is 570. The van der Waals surface area contributed by atoms with E-state index < -0.39 is 0 Å². The summed E-state index contributed by atoms with van der Waals surface area (Å²) >= 11 is 6.11. The third-order valence-corrected chi connectivity index (χ3v) is 3.98. The quantitative estimate of drug-likeness (QED) is 0.908. The summed E-state index contributed by atoms with van der Waals surface area (Å²) < 4.78 is 5.43. The van der Waals surface area contributed by atoms with Crippen molar-refractivity contribution in [2.45, 2.75) is 18.8 Å². The molecule has 2 aromatic rings. The van der Waals surface area contributed by atoms with Crippen molar-refractivity contribution in [2.75, 3.05) is 13.7 Å². The minimum absolute atomic E-state index is 0.140. The smallest absolute Gasteiger partial charge is 0.122 e. The highest BCUT2D eigenvalue weighted by molar-refractivity contribution is 6.30. The van der Waals surface area contributed by atoms with E-state index in [4.69, 9.17) is 22.1 Å². The minimum Gasteiger partial charge on any atom is -0.496 e. The number of methoxy groups -OCH3 is 1. The Balaban J connectivity index is 2.38. The molecular weight excluding hydrogens is 270 g/mol. The maximum atomic E-state index is 6.11. The molecule has 0 spiro atoms. The van der Waals surface area contributed by atoms with Crippen molar-refractivity contribution >= 4 is 11.6 Å². The van der Waals surface area contributed by atoms with Crippen LogP contribution in [0.25, 0.3) is 0 Å². The molecule has 2 rings (SSSR count). The van der Waals surface area contributed by atoms with Gasteiger partial charge in [0.15, 0.2) is 0 Å². The molecule has 20 heavy (non-hydrogen) atoms. The zero-order chi connectivity index (χ0) is 14.6. The molecule has 0 fully saturated rings. The van der Waals surface area contributed by atoms with Gasteiger partial charge >= 0.3 is 0 Å². The first kappa shape index (κ1) is 14.9. The van der Waals surface area contributed by atoms with E-state index in [1.165, 1.54) is 5.56 Å². The van der Waals surface area contributed by atoms with Gasteiger partial charge in [0.25, 0.3) is 0 Å². The molecule has 2 N–H and O–H groups in total. The van der Waals surface area contributed by atoms with Gasteiger partial charge in [0.05, 0.1) is 7.11 Å². The second-order valence-corrected chi connectivity index (χ2v) is 5.70. The van der Waals surface area contributed by atoms with E-state index in [-0.39, 0.29) is 5.41 Å². The van der Waals surface area contributed by atoms with Crippen molar-refractivity contribution in [3.05, 3.63) is 64.7 Å². The number of benzene rings is 2. The molecule has 0 heterocycles. The summed E-state index contributed by atoms with van der Waals surface area (Å²) in [5.74, 6) is 0.852. The largest absolute Gasteiger partial charge is 0.496 e. The summed E-state index contributed by atoms with van der Waals surface area (Å²) in [6.45, 7) is 2.73. The summed E-state index contributed by atoms with van der Waals surface area (Å²) in [6.07, 6.45) is 0.789. The summed E-state index contributed by atoms with van der Waals surface area (Å²) in [6, 6.07) is 16.0. The first-order valence-corrected chi connectivity index (χ1v) is 7.05. The van der Waals surface area contributed by atoms with Gasteiger partial charge in [0.1, 0.15) is 5.75 Å². The number of ether oxygens (including phenoxy) is 1. The van der Waals surface area contributed by atoms with Crippen LogP contribution in [0.5, 0.6) is 5.75 Å². The molecule has 0 aliphatic heterocycles. The van der Waals surface area contributed by atoms with E-state index >= 15 is 0 Å². The molecule has 0 saturated heterocycles. The molecule has 0 aromatic heterocycles. The molecule has 0 radical (unpaired) electrons. The molecule has 2 nitrogen and oxygen atoms in total. The summed E-state index contributed by atoms with van der Waals surface area (Å²) in [7, 11) is 1.68. The maximum Gasteiger partial charge on any atom is 0.122 e. The van der Waals surface area contributed by atoms with Crippen LogP contribution in [0.4, 0.5) is 0 Å². The third-order valence-electron chi connectivity index (χ3n) is 3.74. The SMILES string of the molecule is COc1ccc(Cl)cc1CC(C)(CN)c1ccccc1. The Morgan fingerprint density at radius 2 is 1.85 bits per heavy atom. The first-order chi connectivity index (χ1) is 9.59. The van der Waals surface area contributed by atoms with Gasteiger partial charge in [-0.2, -0.15) is 0 Å². The fraction of sp³-hybridized carbons (Fsp3) is 0.294. The Kier molecular flexibility index (Phi) is 4.69. The van der Waals surface area contributed by atoms with E-state index in [9.17, 15) is 0 Å². The van der Waals surface area contributed by atoms with E-state index in [2.05, 4.69) is 19.1 Å². The first-order valence-electron chi connectivity index (χ1n) is 6.67. The average molecular weight is 290 g/mol. The molecule has 2 aromatic carbocycles. The molecule has 0 aliphatic carbocycles. The van der Waals surface area contributed by atoms with Gasteiger partial charge in [-0.1, -0.05) is 48.9 Å². The molecule has 106 valence electrons. The molecule has 0 saturated carbocycles.